The van der Waals surface area contributed by atoms with Gasteiger partial charge < -0.3 is 15.2 Å². The molecule has 0 aliphatic carbocycles. The molecular weight excluding hydrogens is 146 g/mol. The lowest BCUT2D eigenvalue weighted by Crippen LogP contribution is -2.43. The molecule has 1 fully saturated rings. The van der Waals surface area contributed by atoms with Gasteiger partial charge in [-0.15, -0.1) is 0 Å². The number of carbonyl (C=O) groups is 1. The highest BCUT2D eigenvalue weighted by molar-refractivity contribution is 5.73. The number of rotatable bonds is 1. The van der Waals surface area contributed by atoms with Crippen LogP contribution in [0.1, 0.15) is 6.42 Å². The van der Waals surface area contributed by atoms with Gasteiger partial charge in [0.05, 0.1) is 19.6 Å². The summed E-state index contributed by atoms with van der Waals surface area (Å²) in [6, 6.07) is -0.101. The summed E-state index contributed by atoms with van der Waals surface area (Å²) in [6.45, 7) is 1.04. The third-order valence-corrected chi connectivity index (χ3v) is 1.91. The summed E-state index contributed by atoms with van der Waals surface area (Å²) in [7, 11) is 1.36. The van der Waals surface area contributed by atoms with Crippen molar-refractivity contribution in [1.82, 2.24) is 0 Å². The fourth-order valence-electron chi connectivity index (χ4n) is 1.15. The molecule has 1 aliphatic heterocycles. The summed E-state index contributed by atoms with van der Waals surface area (Å²) in [5.41, 5.74) is 5.67. The molecule has 0 saturated carbocycles. The van der Waals surface area contributed by atoms with E-state index in [1.807, 2.05) is 0 Å². The molecule has 0 aromatic heterocycles. The molecule has 4 heteroatoms. The molecule has 0 radical (unpaired) electrons. The van der Waals surface area contributed by atoms with Crippen LogP contribution >= 0.6 is 0 Å². The van der Waals surface area contributed by atoms with Gasteiger partial charge >= 0.3 is 5.97 Å². The van der Waals surface area contributed by atoms with E-state index in [2.05, 4.69) is 4.74 Å². The molecule has 1 heterocycles. The Kier molecular flexibility index (Phi) is 2.84. The average Bonchev–Trinajstić information content (AvgIpc) is 2.04. The first-order valence-electron chi connectivity index (χ1n) is 3.67. The van der Waals surface area contributed by atoms with E-state index in [-0.39, 0.29) is 17.9 Å². The first-order valence-corrected chi connectivity index (χ1v) is 3.67. The molecule has 0 aromatic carbocycles. The van der Waals surface area contributed by atoms with Gasteiger partial charge in [0, 0.05) is 12.6 Å². The number of carbonyl (C=O) groups excluding carboxylic acids is 1. The second-order valence-corrected chi connectivity index (χ2v) is 2.66. The number of esters is 1. The lowest BCUT2D eigenvalue weighted by molar-refractivity contribution is -0.150. The van der Waals surface area contributed by atoms with Gasteiger partial charge in [-0.3, -0.25) is 4.79 Å². The van der Waals surface area contributed by atoms with Crippen molar-refractivity contribution in [1.29, 1.82) is 0 Å². The highest BCUT2D eigenvalue weighted by atomic mass is 16.5. The van der Waals surface area contributed by atoms with Gasteiger partial charge in [-0.2, -0.15) is 0 Å². The summed E-state index contributed by atoms with van der Waals surface area (Å²) in [5, 5.41) is 0. The van der Waals surface area contributed by atoms with E-state index in [1.54, 1.807) is 0 Å². The van der Waals surface area contributed by atoms with Crippen LogP contribution < -0.4 is 5.73 Å². The SMILES string of the molecule is COC(=O)C1COCCC1N. The second kappa shape index (κ2) is 3.69. The predicted molar refractivity (Wildman–Crippen MR) is 38.9 cm³/mol. The molecule has 1 saturated heterocycles. The van der Waals surface area contributed by atoms with Gasteiger partial charge in [-0.05, 0) is 6.42 Å². The molecule has 1 aliphatic rings. The van der Waals surface area contributed by atoms with Crippen LogP contribution in [0, 0.1) is 5.92 Å². The Hall–Kier alpha value is -0.610. The van der Waals surface area contributed by atoms with Gasteiger partial charge in [0.2, 0.25) is 0 Å². The first-order chi connectivity index (χ1) is 5.25. The second-order valence-electron chi connectivity index (χ2n) is 2.66. The molecular formula is C7H13NO3. The number of nitrogens with two attached hydrogens (primary N) is 1. The topological polar surface area (TPSA) is 61.5 Å². The van der Waals surface area contributed by atoms with Crippen LogP contribution in [0.25, 0.3) is 0 Å². The van der Waals surface area contributed by atoms with Gasteiger partial charge in [0.25, 0.3) is 0 Å². The van der Waals surface area contributed by atoms with E-state index in [0.29, 0.717) is 13.2 Å². The molecule has 0 bridgehead atoms. The van der Waals surface area contributed by atoms with Crippen LogP contribution in [0.4, 0.5) is 0 Å². The Bertz CT molecular complexity index is 149. The molecule has 0 aromatic rings. The van der Waals surface area contributed by atoms with E-state index < -0.39 is 0 Å². The maximum absolute atomic E-state index is 11.0. The minimum atomic E-state index is -0.270. The van der Waals surface area contributed by atoms with Gasteiger partial charge in [-0.25, -0.2) is 0 Å². The van der Waals surface area contributed by atoms with E-state index >= 15 is 0 Å². The number of hydrogen-bond donors (Lipinski definition) is 1. The van der Waals surface area contributed by atoms with E-state index in [0.717, 1.165) is 6.42 Å². The molecule has 64 valence electrons. The Labute approximate surface area is 65.7 Å². The summed E-state index contributed by atoms with van der Waals surface area (Å²) in [5.74, 6) is -0.536. The van der Waals surface area contributed by atoms with Crippen LogP contribution in [0.15, 0.2) is 0 Å². The van der Waals surface area contributed by atoms with Crippen molar-refractivity contribution in [2.45, 2.75) is 12.5 Å². The minimum Gasteiger partial charge on any atom is -0.469 e. The van der Waals surface area contributed by atoms with Crippen molar-refractivity contribution >= 4 is 5.97 Å². The van der Waals surface area contributed by atoms with Gasteiger partial charge in [0.1, 0.15) is 0 Å². The van der Waals surface area contributed by atoms with Gasteiger partial charge in [-0.1, -0.05) is 0 Å². The maximum atomic E-state index is 11.0. The van der Waals surface area contributed by atoms with Crippen molar-refractivity contribution < 1.29 is 14.3 Å². The zero-order valence-electron chi connectivity index (χ0n) is 6.58. The lowest BCUT2D eigenvalue weighted by atomic mass is 9.97. The zero-order valence-corrected chi connectivity index (χ0v) is 6.58. The molecule has 2 N–H and O–H groups in total. The van der Waals surface area contributed by atoms with Crippen molar-refractivity contribution in [3.8, 4) is 0 Å². The Morgan fingerprint density at radius 3 is 3.00 bits per heavy atom. The molecule has 0 spiro atoms. The van der Waals surface area contributed by atoms with E-state index in [4.69, 9.17) is 10.5 Å². The summed E-state index contributed by atoms with van der Waals surface area (Å²) in [4.78, 5) is 11.0. The van der Waals surface area contributed by atoms with Crippen LogP contribution in [0.3, 0.4) is 0 Å². The Morgan fingerprint density at radius 1 is 1.73 bits per heavy atom. The van der Waals surface area contributed by atoms with Crippen molar-refractivity contribution in [2.75, 3.05) is 20.3 Å². The minimum absolute atomic E-state index is 0.101. The van der Waals surface area contributed by atoms with Gasteiger partial charge in [0.15, 0.2) is 0 Å². The van der Waals surface area contributed by atoms with Crippen LogP contribution in [0.5, 0.6) is 0 Å². The summed E-state index contributed by atoms with van der Waals surface area (Å²) in [6.07, 6.45) is 0.736. The normalized spacial score (nSPS) is 31.5. The highest BCUT2D eigenvalue weighted by Crippen LogP contribution is 2.13. The lowest BCUT2D eigenvalue weighted by Gasteiger charge is -2.26. The Balaban J connectivity index is 2.47. The van der Waals surface area contributed by atoms with Crippen molar-refractivity contribution in [3.05, 3.63) is 0 Å². The molecule has 4 nitrogen and oxygen atoms in total. The monoisotopic (exact) mass is 159 g/mol. The molecule has 0 amide bonds. The molecule has 1 rings (SSSR count). The first kappa shape index (κ1) is 8.49. The third kappa shape index (κ3) is 1.91. The fraction of sp³-hybridized carbons (Fsp3) is 0.857. The van der Waals surface area contributed by atoms with Crippen LogP contribution in [-0.2, 0) is 14.3 Å². The quantitative estimate of drug-likeness (QED) is 0.525. The number of hydrogen-bond acceptors (Lipinski definition) is 4. The predicted octanol–water partition coefficient (Wildman–Crippen LogP) is -0.477. The molecule has 11 heavy (non-hydrogen) atoms. The van der Waals surface area contributed by atoms with Crippen molar-refractivity contribution in [3.63, 3.8) is 0 Å². The van der Waals surface area contributed by atoms with Crippen LogP contribution in [0.2, 0.25) is 0 Å². The van der Waals surface area contributed by atoms with Crippen LogP contribution in [-0.4, -0.2) is 32.3 Å². The number of methoxy groups -OCH3 is 1. The van der Waals surface area contributed by atoms with E-state index in [1.165, 1.54) is 7.11 Å². The summed E-state index contributed by atoms with van der Waals surface area (Å²) < 4.78 is 9.66. The van der Waals surface area contributed by atoms with Crippen molar-refractivity contribution in [2.24, 2.45) is 11.7 Å². The third-order valence-electron chi connectivity index (χ3n) is 1.91. The highest BCUT2D eigenvalue weighted by Gasteiger charge is 2.29. The molecule has 2 unspecified atom stereocenters. The van der Waals surface area contributed by atoms with E-state index in [9.17, 15) is 4.79 Å². The fourth-order valence-corrected chi connectivity index (χ4v) is 1.15. The largest absolute Gasteiger partial charge is 0.469 e. The molecule has 2 atom stereocenters. The zero-order chi connectivity index (χ0) is 8.27. The average molecular weight is 159 g/mol. The maximum Gasteiger partial charge on any atom is 0.312 e. The Morgan fingerprint density at radius 2 is 2.45 bits per heavy atom. The number of ether oxygens (including phenoxy) is 2. The smallest absolute Gasteiger partial charge is 0.312 e. The summed E-state index contributed by atoms with van der Waals surface area (Å²) >= 11 is 0. The standard InChI is InChI=1S/C7H13NO3/c1-10-7(9)5-4-11-3-2-6(5)8/h5-6H,2-4,8H2,1H3.